The molecule has 0 saturated carbocycles. The van der Waals surface area contributed by atoms with Gasteiger partial charge in [-0.15, -0.1) is 0 Å². The highest BCUT2D eigenvalue weighted by Gasteiger charge is 2.38. The Bertz CT molecular complexity index is 1420. The van der Waals surface area contributed by atoms with Crippen LogP contribution < -0.4 is 23.7 Å². The number of allylic oxidation sites excluding steroid dienone is 1. The normalized spacial score (nSPS) is 19.0. The van der Waals surface area contributed by atoms with Gasteiger partial charge in [-0.25, -0.2) is 0 Å². The Kier molecular flexibility index (Phi) is 4.88. The van der Waals surface area contributed by atoms with Crippen LogP contribution in [0.1, 0.15) is 39.4 Å². The highest BCUT2D eigenvalue weighted by molar-refractivity contribution is 6.15. The number of rotatable bonds is 3. The number of ketones is 1. The number of benzene rings is 3. The number of carbonyl (C=O) groups excluding carboxylic acids is 2. The van der Waals surface area contributed by atoms with Gasteiger partial charge in [-0.05, 0) is 53.6 Å². The number of hydrogen-bond donors (Lipinski definition) is 1. The maximum Gasteiger partial charge on any atom is 0.312 e. The summed E-state index contributed by atoms with van der Waals surface area (Å²) in [6.45, 7) is 0.928. The summed E-state index contributed by atoms with van der Waals surface area (Å²) in [4.78, 5) is 25.6. The van der Waals surface area contributed by atoms with Gasteiger partial charge in [0.05, 0.1) is 19.1 Å². The minimum absolute atomic E-state index is 0.0484. The summed E-state index contributed by atoms with van der Waals surface area (Å²) in [7, 11) is 1.46. The summed E-state index contributed by atoms with van der Waals surface area (Å²) in [6.07, 6.45) is 1.65. The first-order chi connectivity index (χ1) is 17.0. The molecule has 6 rings (SSSR count). The number of fused-ring (bicyclic) bond motifs is 4. The predicted molar refractivity (Wildman–Crippen MR) is 124 cm³/mol. The first kappa shape index (κ1) is 21.1. The van der Waals surface area contributed by atoms with Crippen molar-refractivity contribution >= 4 is 17.8 Å². The number of ether oxygens (including phenoxy) is 5. The van der Waals surface area contributed by atoms with Crippen LogP contribution in [0.15, 0.2) is 54.3 Å². The van der Waals surface area contributed by atoms with Crippen molar-refractivity contribution in [1.29, 1.82) is 0 Å². The Balaban J connectivity index is 1.42. The maximum absolute atomic E-state index is 13.2. The fourth-order valence-corrected chi connectivity index (χ4v) is 4.62. The van der Waals surface area contributed by atoms with Crippen LogP contribution >= 0.6 is 0 Å². The smallest absolute Gasteiger partial charge is 0.312 e. The number of hydrogen-bond acceptors (Lipinski definition) is 8. The molecule has 3 aromatic carbocycles. The van der Waals surface area contributed by atoms with Crippen molar-refractivity contribution in [3.05, 3.63) is 76.5 Å². The third-order valence-corrected chi connectivity index (χ3v) is 6.25. The summed E-state index contributed by atoms with van der Waals surface area (Å²) in [6, 6.07) is 13.6. The van der Waals surface area contributed by atoms with E-state index in [2.05, 4.69) is 0 Å². The molecule has 35 heavy (non-hydrogen) atoms. The third kappa shape index (κ3) is 3.54. The monoisotopic (exact) mass is 472 g/mol. The number of methoxy groups -OCH3 is 1. The molecule has 0 spiro atoms. The molecular formula is C27H20O8. The predicted octanol–water partition coefficient (Wildman–Crippen LogP) is 4.23. The van der Waals surface area contributed by atoms with E-state index in [0.717, 1.165) is 5.56 Å². The first-order valence-electron chi connectivity index (χ1n) is 11.1. The van der Waals surface area contributed by atoms with Gasteiger partial charge in [-0.1, -0.05) is 12.1 Å². The van der Waals surface area contributed by atoms with Crippen molar-refractivity contribution in [2.45, 2.75) is 12.3 Å². The number of esters is 1. The number of phenolic OH excluding ortho intramolecular Hbond substituents is 1. The molecular weight excluding hydrogens is 452 g/mol. The van der Waals surface area contributed by atoms with Crippen molar-refractivity contribution in [2.75, 3.05) is 20.3 Å². The summed E-state index contributed by atoms with van der Waals surface area (Å²) in [5, 5.41) is 10.1. The SMILES string of the molecule is COc1ccc(C=C2Oc3c(ccc4c3C(c3ccc5c(c3)OCCO5)CC(=O)O4)C2=O)cc1O. The Hall–Kier alpha value is -4.46. The third-order valence-electron chi connectivity index (χ3n) is 6.25. The van der Waals surface area contributed by atoms with E-state index in [9.17, 15) is 14.7 Å². The Morgan fingerprint density at radius 1 is 0.943 bits per heavy atom. The molecule has 0 bridgehead atoms. The lowest BCUT2D eigenvalue weighted by Gasteiger charge is -2.27. The number of carbonyl (C=O) groups is 2. The van der Waals surface area contributed by atoms with Gasteiger partial charge in [0.25, 0.3) is 0 Å². The zero-order valence-corrected chi connectivity index (χ0v) is 18.7. The van der Waals surface area contributed by atoms with Crippen LogP contribution in [0.2, 0.25) is 0 Å². The molecule has 1 N–H and O–H groups in total. The van der Waals surface area contributed by atoms with Crippen LogP contribution in [0.25, 0.3) is 6.08 Å². The van der Waals surface area contributed by atoms with Gasteiger partial charge in [0, 0.05) is 11.5 Å². The molecule has 0 aromatic heterocycles. The molecule has 8 nitrogen and oxygen atoms in total. The number of phenols is 1. The molecule has 3 heterocycles. The van der Waals surface area contributed by atoms with Crippen LogP contribution in [0, 0.1) is 0 Å². The van der Waals surface area contributed by atoms with E-state index in [1.54, 1.807) is 30.3 Å². The van der Waals surface area contributed by atoms with Crippen LogP contribution in [0.5, 0.6) is 34.5 Å². The Labute approximate surface area is 200 Å². The Morgan fingerprint density at radius 2 is 1.74 bits per heavy atom. The van der Waals surface area contributed by atoms with Crippen molar-refractivity contribution in [1.82, 2.24) is 0 Å². The molecule has 3 aliphatic heterocycles. The number of aromatic hydroxyl groups is 1. The highest BCUT2D eigenvalue weighted by Crippen LogP contribution is 2.50. The lowest BCUT2D eigenvalue weighted by Crippen LogP contribution is -2.22. The van der Waals surface area contributed by atoms with Gasteiger partial charge in [0.1, 0.15) is 24.7 Å². The standard InChI is InChI=1S/C27H20O8/c1-31-19-5-2-14(10-18(19)28)11-23-26(30)16-4-7-21-25(27(16)35-23)17(13-24(29)34-21)15-3-6-20-22(12-15)33-9-8-32-20/h2-7,10-12,17,28H,8-9,13H2,1H3. The minimum atomic E-state index is -0.394. The largest absolute Gasteiger partial charge is 0.504 e. The summed E-state index contributed by atoms with van der Waals surface area (Å²) in [5.41, 5.74) is 2.42. The zero-order valence-electron chi connectivity index (χ0n) is 18.7. The molecule has 0 aliphatic carbocycles. The van der Waals surface area contributed by atoms with Gasteiger partial charge in [-0.3, -0.25) is 9.59 Å². The second kappa shape index (κ2) is 8.09. The quantitative estimate of drug-likeness (QED) is 0.343. The van der Waals surface area contributed by atoms with E-state index >= 15 is 0 Å². The molecule has 8 heteroatoms. The molecule has 1 unspecified atom stereocenters. The van der Waals surface area contributed by atoms with Crippen LogP contribution in [0.3, 0.4) is 0 Å². The Morgan fingerprint density at radius 3 is 2.54 bits per heavy atom. The van der Waals surface area contributed by atoms with E-state index in [4.69, 9.17) is 23.7 Å². The van der Waals surface area contributed by atoms with Crippen molar-refractivity contribution in [3.63, 3.8) is 0 Å². The molecule has 1 atom stereocenters. The van der Waals surface area contributed by atoms with Gasteiger partial charge < -0.3 is 28.8 Å². The topological polar surface area (TPSA) is 101 Å². The zero-order chi connectivity index (χ0) is 24.1. The fraction of sp³-hybridized carbons (Fsp3) is 0.185. The van der Waals surface area contributed by atoms with Crippen LogP contribution in [0.4, 0.5) is 0 Å². The average molecular weight is 472 g/mol. The second-order valence-corrected chi connectivity index (χ2v) is 8.36. The minimum Gasteiger partial charge on any atom is -0.504 e. The fourth-order valence-electron chi connectivity index (χ4n) is 4.62. The molecule has 3 aromatic rings. The van der Waals surface area contributed by atoms with E-state index in [-0.39, 0.29) is 29.7 Å². The molecule has 0 saturated heterocycles. The molecule has 3 aliphatic rings. The summed E-state index contributed by atoms with van der Waals surface area (Å²) in [5.74, 6) is 1.31. The van der Waals surface area contributed by atoms with Gasteiger partial charge in [-0.2, -0.15) is 0 Å². The van der Waals surface area contributed by atoms with Crippen molar-refractivity contribution < 1.29 is 38.4 Å². The van der Waals surface area contributed by atoms with E-state index in [1.807, 2.05) is 18.2 Å². The summed E-state index contributed by atoms with van der Waals surface area (Å²) < 4.78 is 28.0. The van der Waals surface area contributed by atoms with Crippen LogP contribution in [-0.2, 0) is 4.79 Å². The van der Waals surface area contributed by atoms with Gasteiger partial charge in [0.15, 0.2) is 28.8 Å². The first-order valence-corrected chi connectivity index (χ1v) is 11.1. The van der Waals surface area contributed by atoms with E-state index in [0.29, 0.717) is 58.7 Å². The number of Topliss-reactive ketones (excluding diaryl/α,β-unsaturated/α-hetero) is 1. The van der Waals surface area contributed by atoms with Gasteiger partial charge in [0.2, 0.25) is 5.78 Å². The second-order valence-electron chi connectivity index (χ2n) is 8.36. The highest BCUT2D eigenvalue weighted by atomic mass is 16.6. The van der Waals surface area contributed by atoms with Gasteiger partial charge >= 0.3 is 5.97 Å². The molecule has 0 amide bonds. The van der Waals surface area contributed by atoms with Crippen molar-refractivity contribution in [3.8, 4) is 34.5 Å². The lowest BCUT2D eigenvalue weighted by molar-refractivity contribution is -0.135. The lowest BCUT2D eigenvalue weighted by atomic mass is 9.84. The van der Waals surface area contributed by atoms with E-state index in [1.165, 1.54) is 13.2 Å². The molecule has 0 fully saturated rings. The average Bonchev–Trinajstić information content (AvgIpc) is 3.18. The maximum atomic E-state index is 13.2. The molecule has 176 valence electrons. The summed E-state index contributed by atoms with van der Waals surface area (Å²) >= 11 is 0. The molecule has 0 radical (unpaired) electrons. The van der Waals surface area contributed by atoms with Crippen molar-refractivity contribution in [2.24, 2.45) is 0 Å². The van der Waals surface area contributed by atoms with E-state index < -0.39 is 5.92 Å². The van der Waals surface area contributed by atoms with Crippen LogP contribution in [-0.4, -0.2) is 37.2 Å².